The zero-order valence-corrected chi connectivity index (χ0v) is 16.3. The van der Waals surface area contributed by atoms with Crippen LogP contribution in [0.25, 0.3) is 11.1 Å². The molecule has 0 saturated carbocycles. The number of hydrogen-bond acceptors (Lipinski definition) is 6. The number of anilines is 1. The Morgan fingerprint density at radius 3 is 2.71 bits per heavy atom. The molecule has 1 atom stereocenters. The molecule has 1 aromatic carbocycles. The van der Waals surface area contributed by atoms with Gasteiger partial charge in [-0.3, -0.25) is 4.79 Å². The van der Waals surface area contributed by atoms with E-state index in [1.54, 1.807) is 0 Å². The topological polar surface area (TPSA) is 84.1 Å². The normalized spacial score (nSPS) is 15.1. The second-order valence-electron chi connectivity index (χ2n) is 7.31. The quantitative estimate of drug-likeness (QED) is 0.707. The number of carbonyl (C=O) groups is 1. The maximum atomic E-state index is 12.4. The van der Waals surface area contributed by atoms with Crippen molar-refractivity contribution in [2.24, 2.45) is 0 Å². The van der Waals surface area contributed by atoms with Gasteiger partial charge in [0.2, 0.25) is 5.91 Å². The molecule has 3 heterocycles. The van der Waals surface area contributed by atoms with Crippen LogP contribution in [-0.2, 0) is 11.2 Å². The van der Waals surface area contributed by atoms with Crippen molar-refractivity contribution in [2.75, 3.05) is 18.0 Å². The van der Waals surface area contributed by atoms with E-state index < -0.39 is 0 Å². The van der Waals surface area contributed by atoms with Crippen LogP contribution in [0.1, 0.15) is 49.3 Å². The number of carbonyl (C=O) groups excluding carboxylic acids is 1. The van der Waals surface area contributed by atoms with Gasteiger partial charge in [0.25, 0.3) is 5.71 Å². The summed E-state index contributed by atoms with van der Waals surface area (Å²) in [6.07, 6.45) is 3.11. The average molecular weight is 379 g/mol. The second-order valence-corrected chi connectivity index (χ2v) is 7.31. The standard InChI is InChI=1S/C21H25N5O2/c1-14(16-8-4-3-5-9-16)22-18(27)11-10-17-23-20(26-12-6-7-13-26)19-15(2)25-28-21(19)24-17/h3-5,8-9,14H,6-7,10-13H2,1-2H3,(H,22,27). The van der Waals surface area contributed by atoms with E-state index in [1.165, 1.54) is 0 Å². The number of nitrogens with zero attached hydrogens (tertiary/aromatic N) is 4. The van der Waals surface area contributed by atoms with Gasteiger partial charge in [-0.2, -0.15) is 4.98 Å². The van der Waals surface area contributed by atoms with E-state index in [1.807, 2.05) is 44.2 Å². The Bertz CT molecular complexity index is 964. The van der Waals surface area contributed by atoms with Crippen molar-refractivity contribution in [1.29, 1.82) is 0 Å². The lowest BCUT2D eigenvalue weighted by Gasteiger charge is -2.18. The van der Waals surface area contributed by atoms with Gasteiger partial charge in [-0.15, -0.1) is 0 Å². The lowest BCUT2D eigenvalue weighted by molar-refractivity contribution is -0.121. The monoisotopic (exact) mass is 379 g/mol. The van der Waals surface area contributed by atoms with Gasteiger partial charge in [0.05, 0.1) is 11.7 Å². The summed E-state index contributed by atoms with van der Waals surface area (Å²) in [5.41, 5.74) is 2.39. The Labute approximate surface area is 164 Å². The van der Waals surface area contributed by atoms with E-state index in [0.717, 1.165) is 48.4 Å². The van der Waals surface area contributed by atoms with E-state index >= 15 is 0 Å². The molecule has 1 aliphatic rings. The summed E-state index contributed by atoms with van der Waals surface area (Å²) in [5, 5.41) is 7.97. The van der Waals surface area contributed by atoms with Gasteiger partial charge in [-0.05, 0) is 32.3 Å². The van der Waals surface area contributed by atoms with Crippen LogP contribution in [0.4, 0.5) is 5.82 Å². The van der Waals surface area contributed by atoms with Crippen molar-refractivity contribution >= 4 is 22.8 Å². The maximum Gasteiger partial charge on any atom is 0.263 e. The molecule has 0 radical (unpaired) electrons. The van der Waals surface area contributed by atoms with Crippen LogP contribution in [0.2, 0.25) is 0 Å². The van der Waals surface area contributed by atoms with E-state index in [0.29, 0.717) is 24.4 Å². The predicted octanol–water partition coefficient (Wildman–Crippen LogP) is 3.34. The molecule has 1 aliphatic heterocycles. The molecule has 1 N–H and O–H groups in total. The number of nitrogens with one attached hydrogen (secondary N) is 1. The molecule has 146 valence electrons. The number of fused-ring (bicyclic) bond motifs is 1. The van der Waals surface area contributed by atoms with Crippen LogP contribution < -0.4 is 10.2 Å². The molecular weight excluding hydrogens is 354 g/mol. The van der Waals surface area contributed by atoms with Crippen LogP contribution >= 0.6 is 0 Å². The number of rotatable bonds is 6. The Balaban J connectivity index is 1.46. The van der Waals surface area contributed by atoms with Gasteiger partial charge in [0.1, 0.15) is 17.0 Å². The molecule has 2 aromatic heterocycles. The van der Waals surface area contributed by atoms with E-state index in [2.05, 4.69) is 20.4 Å². The van der Waals surface area contributed by atoms with Gasteiger partial charge < -0.3 is 14.7 Å². The zero-order valence-electron chi connectivity index (χ0n) is 16.3. The molecule has 1 fully saturated rings. The Morgan fingerprint density at radius 1 is 1.21 bits per heavy atom. The fourth-order valence-electron chi connectivity index (χ4n) is 3.65. The third-order valence-electron chi connectivity index (χ3n) is 5.19. The summed E-state index contributed by atoms with van der Waals surface area (Å²) in [6.45, 7) is 5.85. The summed E-state index contributed by atoms with van der Waals surface area (Å²) in [6, 6.07) is 9.90. The lowest BCUT2D eigenvalue weighted by atomic mass is 10.1. The first-order valence-corrected chi connectivity index (χ1v) is 9.84. The summed E-state index contributed by atoms with van der Waals surface area (Å²) < 4.78 is 5.39. The van der Waals surface area contributed by atoms with E-state index in [4.69, 9.17) is 9.51 Å². The molecular formula is C21H25N5O2. The first kappa shape index (κ1) is 18.4. The van der Waals surface area contributed by atoms with Crippen molar-refractivity contribution < 1.29 is 9.32 Å². The third-order valence-corrected chi connectivity index (χ3v) is 5.19. The molecule has 0 aliphatic carbocycles. The van der Waals surface area contributed by atoms with E-state index in [-0.39, 0.29) is 11.9 Å². The molecule has 28 heavy (non-hydrogen) atoms. The molecule has 0 spiro atoms. The summed E-state index contributed by atoms with van der Waals surface area (Å²) in [7, 11) is 0. The lowest BCUT2D eigenvalue weighted by Crippen LogP contribution is -2.27. The van der Waals surface area contributed by atoms with Gasteiger partial charge in [-0.25, -0.2) is 4.98 Å². The first-order chi connectivity index (χ1) is 13.6. The van der Waals surface area contributed by atoms with Gasteiger partial charge in [0.15, 0.2) is 0 Å². The van der Waals surface area contributed by atoms with Crippen molar-refractivity contribution in [3.05, 3.63) is 47.4 Å². The van der Waals surface area contributed by atoms with Gasteiger partial charge in [0, 0.05) is 25.9 Å². The summed E-state index contributed by atoms with van der Waals surface area (Å²) in [5.74, 6) is 1.49. The molecule has 1 unspecified atom stereocenters. The minimum absolute atomic E-state index is 0.0171. The van der Waals surface area contributed by atoms with Crippen LogP contribution in [-0.4, -0.2) is 34.1 Å². The first-order valence-electron chi connectivity index (χ1n) is 9.84. The van der Waals surface area contributed by atoms with Crippen LogP contribution in [0.5, 0.6) is 0 Å². The summed E-state index contributed by atoms with van der Waals surface area (Å²) in [4.78, 5) is 23.9. The fourth-order valence-corrected chi connectivity index (χ4v) is 3.65. The highest BCUT2D eigenvalue weighted by molar-refractivity contribution is 5.88. The highest BCUT2D eigenvalue weighted by atomic mass is 16.5. The highest BCUT2D eigenvalue weighted by Crippen LogP contribution is 2.29. The number of hydrogen-bond donors (Lipinski definition) is 1. The van der Waals surface area contributed by atoms with Crippen LogP contribution in [0, 0.1) is 6.92 Å². The van der Waals surface area contributed by atoms with Gasteiger partial charge in [-0.1, -0.05) is 35.5 Å². The molecule has 1 amide bonds. The summed E-state index contributed by atoms with van der Waals surface area (Å²) >= 11 is 0. The average Bonchev–Trinajstić information content (AvgIpc) is 3.37. The SMILES string of the molecule is Cc1noc2nc(CCC(=O)NC(C)c3ccccc3)nc(N3CCCC3)c12. The number of aryl methyl sites for hydroxylation is 2. The maximum absolute atomic E-state index is 12.4. The minimum atomic E-state index is -0.0332. The van der Waals surface area contributed by atoms with Crippen molar-refractivity contribution in [3.63, 3.8) is 0 Å². The molecule has 0 bridgehead atoms. The Hall–Kier alpha value is -2.96. The van der Waals surface area contributed by atoms with Crippen LogP contribution in [0.3, 0.4) is 0 Å². The smallest absolute Gasteiger partial charge is 0.263 e. The predicted molar refractivity (Wildman–Crippen MR) is 107 cm³/mol. The van der Waals surface area contributed by atoms with Crippen LogP contribution in [0.15, 0.2) is 34.9 Å². The highest BCUT2D eigenvalue weighted by Gasteiger charge is 2.22. The van der Waals surface area contributed by atoms with Crippen molar-refractivity contribution in [3.8, 4) is 0 Å². The largest absolute Gasteiger partial charge is 0.356 e. The number of benzene rings is 1. The number of aromatic nitrogens is 3. The van der Waals surface area contributed by atoms with Crippen molar-refractivity contribution in [1.82, 2.24) is 20.4 Å². The van der Waals surface area contributed by atoms with E-state index in [9.17, 15) is 4.79 Å². The number of amides is 1. The van der Waals surface area contributed by atoms with Crippen molar-refractivity contribution in [2.45, 2.75) is 45.6 Å². The Morgan fingerprint density at radius 2 is 1.96 bits per heavy atom. The molecule has 7 heteroatoms. The zero-order chi connectivity index (χ0) is 19.5. The minimum Gasteiger partial charge on any atom is -0.356 e. The molecule has 1 saturated heterocycles. The molecule has 3 aromatic rings. The third kappa shape index (κ3) is 3.83. The molecule has 4 rings (SSSR count). The molecule has 7 nitrogen and oxygen atoms in total. The Kier molecular flexibility index (Phi) is 5.23. The second kappa shape index (κ2) is 7.96. The van der Waals surface area contributed by atoms with Gasteiger partial charge >= 0.3 is 0 Å². The fraction of sp³-hybridized carbons (Fsp3) is 0.429.